The Balaban J connectivity index is 2.16. The van der Waals surface area contributed by atoms with Gasteiger partial charge in [-0.3, -0.25) is 4.79 Å². The zero-order valence-corrected chi connectivity index (χ0v) is 11.6. The van der Waals surface area contributed by atoms with Crippen molar-refractivity contribution < 1.29 is 19.4 Å². The Morgan fingerprint density at radius 2 is 2.16 bits per heavy atom. The first kappa shape index (κ1) is 14.3. The lowest BCUT2D eigenvalue weighted by molar-refractivity contribution is -0.176. The molecule has 4 N–H and O–H groups in total. The third-order valence-electron chi connectivity index (χ3n) is 4.84. The van der Waals surface area contributed by atoms with Crippen molar-refractivity contribution in [1.82, 2.24) is 5.32 Å². The quantitative estimate of drug-likeness (QED) is 0.673. The average molecular weight is 270 g/mol. The Morgan fingerprint density at radius 3 is 2.68 bits per heavy atom. The van der Waals surface area contributed by atoms with E-state index in [9.17, 15) is 9.59 Å². The Hall–Kier alpha value is -1.14. The summed E-state index contributed by atoms with van der Waals surface area (Å²) in [5, 5.41) is 11.6. The van der Waals surface area contributed by atoms with Crippen LogP contribution in [0, 0.1) is 11.3 Å². The van der Waals surface area contributed by atoms with Gasteiger partial charge in [0.1, 0.15) is 11.6 Å². The number of ether oxygens (including phenoxy) is 1. The van der Waals surface area contributed by atoms with Gasteiger partial charge in [-0.1, -0.05) is 20.8 Å². The second-order valence-electron chi connectivity index (χ2n) is 6.05. The van der Waals surface area contributed by atoms with Gasteiger partial charge in [0.2, 0.25) is 5.91 Å². The van der Waals surface area contributed by atoms with Crippen molar-refractivity contribution in [2.75, 3.05) is 6.61 Å². The van der Waals surface area contributed by atoms with Gasteiger partial charge in [0.25, 0.3) is 0 Å². The van der Waals surface area contributed by atoms with Crippen LogP contribution < -0.4 is 11.1 Å². The molecule has 4 atom stereocenters. The molecule has 0 aromatic heterocycles. The molecule has 2 aliphatic rings. The third kappa shape index (κ3) is 1.77. The van der Waals surface area contributed by atoms with Gasteiger partial charge >= 0.3 is 5.97 Å². The fourth-order valence-electron chi connectivity index (χ4n) is 3.46. The first-order valence-electron chi connectivity index (χ1n) is 6.71. The van der Waals surface area contributed by atoms with Crippen LogP contribution in [0.15, 0.2) is 0 Å². The average Bonchev–Trinajstić information content (AvgIpc) is 2.81. The number of carboxylic acid groups (broad SMARTS) is 1. The fourth-order valence-corrected chi connectivity index (χ4v) is 3.46. The zero-order valence-electron chi connectivity index (χ0n) is 11.6. The molecule has 0 aromatic rings. The van der Waals surface area contributed by atoms with E-state index in [2.05, 4.69) is 5.32 Å². The second kappa shape index (κ2) is 4.45. The van der Waals surface area contributed by atoms with E-state index in [0.717, 1.165) is 6.42 Å². The number of hydrogen-bond acceptors (Lipinski definition) is 4. The minimum atomic E-state index is -1.04. The molecule has 0 radical (unpaired) electrons. The van der Waals surface area contributed by atoms with Crippen LogP contribution in [0.5, 0.6) is 0 Å². The summed E-state index contributed by atoms with van der Waals surface area (Å²) in [5.74, 6) is -1.43. The van der Waals surface area contributed by atoms with E-state index < -0.39 is 23.0 Å². The van der Waals surface area contributed by atoms with Crippen LogP contribution in [-0.2, 0) is 14.3 Å². The molecular weight excluding hydrogens is 248 g/mol. The number of carbonyl (C=O) groups excluding carboxylic acids is 1. The third-order valence-corrected chi connectivity index (χ3v) is 4.84. The summed E-state index contributed by atoms with van der Waals surface area (Å²) in [6.45, 7) is 6.14. The topological polar surface area (TPSA) is 102 Å². The van der Waals surface area contributed by atoms with Crippen molar-refractivity contribution in [3.05, 3.63) is 0 Å². The van der Waals surface area contributed by atoms with Crippen molar-refractivity contribution >= 4 is 11.9 Å². The Kier molecular flexibility index (Phi) is 3.35. The van der Waals surface area contributed by atoms with Crippen LogP contribution in [0.3, 0.4) is 0 Å². The van der Waals surface area contributed by atoms with E-state index >= 15 is 0 Å². The Bertz CT molecular complexity index is 409. The Labute approximate surface area is 112 Å². The number of carboxylic acids is 1. The molecule has 1 heterocycles. The van der Waals surface area contributed by atoms with Gasteiger partial charge in [-0.05, 0) is 12.8 Å². The highest BCUT2D eigenvalue weighted by Gasteiger charge is 2.71. The standard InChI is InChI=1S/C13H22N2O4/c1-4-8(10(16)17)15-11(18)13(14)7-5-6-19-9(7)12(13,2)3/h7-9H,4-6,14H2,1-3H3,(H,15,18)(H,16,17)/t7?,8-,9?,13?/m0/s1. The van der Waals surface area contributed by atoms with E-state index in [1.54, 1.807) is 6.92 Å². The Morgan fingerprint density at radius 1 is 1.53 bits per heavy atom. The number of hydrogen-bond donors (Lipinski definition) is 3. The molecule has 0 aromatic carbocycles. The summed E-state index contributed by atoms with van der Waals surface area (Å²) < 4.78 is 5.62. The van der Waals surface area contributed by atoms with Crippen molar-refractivity contribution in [3.8, 4) is 0 Å². The highest BCUT2D eigenvalue weighted by Crippen LogP contribution is 2.58. The zero-order chi connectivity index (χ0) is 14.4. The maximum absolute atomic E-state index is 12.4. The van der Waals surface area contributed by atoms with E-state index in [-0.39, 0.29) is 17.9 Å². The largest absolute Gasteiger partial charge is 0.480 e. The first-order chi connectivity index (χ1) is 8.76. The minimum absolute atomic E-state index is 0.00634. The fraction of sp³-hybridized carbons (Fsp3) is 0.846. The molecule has 1 saturated carbocycles. The molecular formula is C13H22N2O4. The number of fused-ring (bicyclic) bond motifs is 1. The summed E-state index contributed by atoms with van der Waals surface area (Å²) in [5.41, 5.74) is 4.81. The summed E-state index contributed by atoms with van der Waals surface area (Å²) in [6.07, 6.45) is 1.08. The van der Waals surface area contributed by atoms with Gasteiger partial charge in [0.05, 0.1) is 6.10 Å². The number of amides is 1. The lowest BCUT2D eigenvalue weighted by Crippen LogP contribution is -2.80. The smallest absolute Gasteiger partial charge is 0.326 e. The summed E-state index contributed by atoms with van der Waals surface area (Å²) in [4.78, 5) is 23.4. The molecule has 6 nitrogen and oxygen atoms in total. The summed E-state index contributed by atoms with van der Waals surface area (Å²) >= 11 is 0. The van der Waals surface area contributed by atoms with Crippen LogP contribution in [0.2, 0.25) is 0 Å². The normalized spacial score (nSPS) is 37.1. The van der Waals surface area contributed by atoms with Gasteiger partial charge in [-0.15, -0.1) is 0 Å². The van der Waals surface area contributed by atoms with E-state index in [1.165, 1.54) is 0 Å². The molecule has 1 aliphatic carbocycles. The van der Waals surface area contributed by atoms with Crippen LogP contribution in [-0.4, -0.2) is 41.3 Å². The molecule has 6 heteroatoms. The predicted molar refractivity (Wildman–Crippen MR) is 68.4 cm³/mol. The molecule has 2 rings (SSSR count). The molecule has 0 spiro atoms. The molecule has 3 unspecified atom stereocenters. The number of carbonyl (C=O) groups is 2. The first-order valence-corrected chi connectivity index (χ1v) is 6.71. The van der Waals surface area contributed by atoms with Gasteiger partial charge in [0, 0.05) is 17.9 Å². The van der Waals surface area contributed by atoms with Gasteiger partial charge in [-0.25, -0.2) is 4.79 Å². The molecule has 0 bridgehead atoms. The SMILES string of the molecule is CC[C@H](NC(=O)C1(N)C2CCOC2C1(C)C)C(=O)O. The van der Waals surface area contributed by atoms with E-state index in [4.69, 9.17) is 15.6 Å². The highest BCUT2D eigenvalue weighted by atomic mass is 16.5. The molecule has 108 valence electrons. The monoisotopic (exact) mass is 270 g/mol. The van der Waals surface area contributed by atoms with E-state index in [1.807, 2.05) is 13.8 Å². The van der Waals surface area contributed by atoms with Gasteiger partial charge in [-0.2, -0.15) is 0 Å². The summed E-state index contributed by atoms with van der Waals surface area (Å²) in [7, 11) is 0. The van der Waals surface area contributed by atoms with Crippen molar-refractivity contribution in [1.29, 1.82) is 0 Å². The number of aliphatic carboxylic acids is 1. The van der Waals surface area contributed by atoms with Crippen molar-refractivity contribution in [2.45, 2.75) is 51.3 Å². The van der Waals surface area contributed by atoms with Crippen molar-refractivity contribution in [2.24, 2.45) is 17.1 Å². The van der Waals surface area contributed by atoms with E-state index in [0.29, 0.717) is 13.0 Å². The summed E-state index contributed by atoms with van der Waals surface area (Å²) in [6, 6.07) is -0.884. The number of nitrogens with two attached hydrogens (primary N) is 1. The molecule has 1 aliphatic heterocycles. The maximum Gasteiger partial charge on any atom is 0.326 e. The number of nitrogens with one attached hydrogen (secondary N) is 1. The second-order valence-corrected chi connectivity index (χ2v) is 6.05. The maximum atomic E-state index is 12.4. The minimum Gasteiger partial charge on any atom is -0.480 e. The van der Waals surface area contributed by atoms with Crippen LogP contribution in [0.1, 0.15) is 33.6 Å². The molecule has 2 fully saturated rings. The lowest BCUT2D eigenvalue weighted by Gasteiger charge is -2.60. The van der Waals surface area contributed by atoms with Crippen molar-refractivity contribution in [3.63, 3.8) is 0 Å². The molecule has 1 amide bonds. The van der Waals surface area contributed by atoms with Crippen LogP contribution in [0.4, 0.5) is 0 Å². The molecule has 19 heavy (non-hydrogen) atoms. The highest BCUT2D eigenvalue weighted by molar-refractivity contribution is 5.92. The van der Waals surface area contributed by atoms with Gasteiger partial charge in [0.15, 0.2) is 0 Å². The van der Waals surface area contributed by atoms with Gasteiger partial charge < -0.3 is 20.9 Å². The lowest BCUT2D eigenvalue weighted by atomic mass is 9.48. The number of rotatable bonds is 4. The van der Waals surface area contributed by atoms with Crippen LogP contribution >= 0.6 is 0 Å². The predicted octanol–water partition coefficient (Wildman–Crippen LogP) is 0.108. The van der Waals surface area contributed by atoms with Crippen LogP contribution in [0.25, 0.3) is 0 Å². The molecule has 1 saturated heterocycles.